The van der Waals surface area contributed by atoms with Gasteiger partial charge in [0.25, 0.3) is 5.91 Å². The van der Waals surface area contributed by atoms with Crippen molar-refractivity contribution in [1.82, 2.24) is 15.1 Å². The van der Waals surface area contributed by atoms with Crippen LogP contribution in [0.25, 0.3) is 0 Å². The van der Waals surface area contributed by atoms with E-state index in [1.807, 2.05) is 6.07 Å². The van der Waals surface area contributed by atoms with Crippen LogP contribution in [0, 0.1) is 0 Å². The van der Waals surface area contributed by atoms with Crippen LogP contribution in [-0.2, 0) is 25.0 Å². The molecule has 2 unspecified atom stereocenters. The first-order chi connectivity index (χ1) is 14.2. The molecular formula is C21H27N3O5S. The lowest BCUT2D eigenvalue weighted by atomic mass is 9.92. The van der Waals surface area contributed by atoms with Gasteiger partial charge in [0.05, 0.1) is 11.5 Å². The highest BCUT2D eigenvalue weighted by Gasteiger charge is 2.50. The summed E-state index contributed by atoms with van der Waals surface area (Å²) in [5.74, 6) is -0.803. The molecule has 4 amide bonds. The second-order valence-electron chi connectivity index (χ2n) is 8.61. The fourth-order valence-electron chi connectivity index (χ4n) is 4.91. The van der Waals surface area contributed by atoms with Gasteiger partial charge in [0.1, 0.15) is 12.1 Å². The summed E-state index contributed by atoms with van der Waals surface area (Å²) in [5.41, 5.74) is -0.583. The van der Waals surface area contributed by atoms with Crippen molar-refractivity contribution in [2.45, 2.75) is 56.7 Å². The molecule has 162 valence electrons. The molecule has 30 heavy (non-hydrogen) atoms. The lowest BCUT2D eigenvalue weighted by Crippen LogP contribution is -2.51. The topological polar surface area (TPSA) is 104 Å². The first kappa shape index (κ1) is 20.8. The molecule has 0 aromatic heterocycles. The molecular weight excluding hydrogens is 406 g/mol. The van der Waals surface area contributed by atoms with Gasteiger partial charge in [-0.1, -0.05) is 43.2 Å². The van der Waals surface area contributed by atoms with E-state index in [1.54, 1.807) is 36.1 Å². The molecule has 1 aliphatic carbocycles. The van der Waals surface area contributed by atoms with E-state index in [-0.39, 0.29) is 36.0 Å². The lowest BCUT2D eigenvalue weighted by molar-refractivity contribution is -0.141. The molecule has 1 aromatic carbocycles. The Bertz CT molecular complexity index is 958. The number of carbonyl (C=O) groups excluding carboxylic acids is 3. The zero-order chi connectivity index (χ0) is 21.5. The van der Waals surface area contributed by atoms with Crippen molar-refractivity contribution in [3.63, 3.8) is 0 Å². The van der Waals surface area contributed by atoms with Gasteiger partial charge in [-0.15, -0.1) is 0 Å². The number of hydrogen-bond acceptors (Lipinski definition) is 5. The molecule has 0 bridgehead atoms. The van der Waals surface area contributed by atoms with Gasteiger partial charge in [0.2, 0.25) is 5.91 Å². The highest BCUT2D eigenvalue weighted by Crippen LogP contribution is 2.31. The SMILES string of the molecule is CC1(c2ccccc2)NC(=O)N(CC(=O)N(C2CCCC2)C2CCS(=O)(=O)C2)C1=O. The van der Waals surface area contributed by atoms with E-state index in [0.29, 0.717) is 12.0 Å². The second-order valence-corrected chi connectivity index (χ2v) is 10.8. The Morgan fingerprint density at radius 2 is 1.80 bits per heavy atom. The fourth-order valence-corrected chi connectivity index (χ4v) is 6.62. The maximum absolute atomic E-state index is 13.3. The summed E-state index contributed by atoms with van der Waals surface area (Å²) >= 11 is 0. The smallest absolute Gasteiger partial charge is 0.325 e. The van der Waals surface area contributed by atoms with Crippen LogP contribution in [-0.4, -0.2) is 66.2 Å². The molecule has 1 aromatic rings. The first-order valence-electron chi connectivity index (χ1n) is 10.4. The molecule has 3 fully saturated rings. The summed E-state index contributed by atoms with van der Waals surface area (Å²) < 4.78 is 24.0. The van der Waals surface area contributed by atoms with E-state index >= 15 is 0 Å². The van der Waals surface area contributed by atoms with Gasteiger partial charge in [-0.3, -0.25) is 14.5 Å². The molecule has 4 rings (SSSR count). The van der Waals surface area contributed by atoms with E-state index in [4.69, 9.17) is 0 Å². The Hall–Kier alpha value is -2.42. The Morgan fingerprint density at radius 1 is 1.13 bits per heavy atom. The molecule has 1 N–H and O–H groups in total. The quantitative estimate of drug-likeness (QED) is 0.707. The van der Waals surface area contributed by atoms with Gasteiger partial charge in [-0.2, -0.15) is 0 Å². The summed E-state index contributed by atoms with van der Waals surface area (Å²) in [4.78, 5) is 41.6. The number of rotatable bonds is 5. The number of amides is 4. The number of nitrogens with zero attached hydrogens (tertiary/aromatic N) is 2. The molecule has 0 spiro atoms. The number of carbonyl (C=O) groups is 3. The van der Waals surface area contributed by atoms with Gasteiger partial charge in [0, 0.05) is 12.1 Å². The summed E-state index contributed by atoms with van der Waals surface area (Å²) in [7, 11) is -3.16. The molecule has 2 atom stereocenters. The molecule has 2 aliphatic heterocycles. The minimum Gasteiger partial charge on any atom is -0.334 e. The predicted molar refractivity (Wildman–Crippen MR) is 110 cm³/mol. The standard InChI is InChI=1S/C21H27N3O5S/c1-21(15-7-3-2-4-8-15)19(26)23(20(27)22-21)13-18(25)24(16-9-5-6-10-16)17-11-12-30(28,29)14-17/h2-4,7-8,16-17H,5-6,9-14H2,1H3,(H,22,27). The van der Waals surface area contributed by atoms with E-state index in [0.717, 1.165) is 30.6 Å². The van der Waals surface area contributed by atoms with E-state index in [2.05, 4.69) is 5.32 Å². The van der Waals surface area contributed by atoms with Crippen LogP contribution in [0.1, 0.15) is 44.6 Å². The molecule has 9 heteroatoms. The van der Waals surface area contributed by atoms with Gasteiger partial charge in [-0.05, 0) is 31.7 Å². The summed E-state index contributed by atoms with van der Waals surface area (Å²) in [6.45, 7) is 1.26. The Balaban J connectivity index is 1.55. The van der Waals surface area contributed by atoms with Gasteiger partial charge >= 0.3 is 6.03 Å². The number of imide groups is 1. The number of urea groups is 1. The zero-order valence-corrected chi connectivity index (χ0v) is 17.9. The Kier molecular flexibility index (Phi) is 5.34. The molecule has 3 aliphatic rings. The van der Waals surface area contributed by atoms with Crippen molar-refractivity contribution < 1.29 is 22.8 Å². The highest BCUT2D eigenvalue weighted by atomic mass is 32.2. The normalized spacial score (nSPS) is 28.7. The van der Waals surface area contributed by atoms with Crippen molar-refractivity contribution in [2.75, 3.05) is 18.1 Å². The molecule has 1 saturated carbocycles. The number of benzene rings is 1. The van der Waals surface area contributed by atoms with Crippen LogP contribution in [0.5, 0.6) is 0 Å². The summed E-state index contributed by atoms with van der Waals surface area (Å²) in [6, 6.07) is 7.90. The van der Waals surface area contributed by atoms with Crippen LogP contribution in [0.2, 0.25) is 0 Å². The van der Waals surface area contributed by atoms with Crippen molar-refractivity contribution in [3.05, 3.63) is 35.9 Å². The summed E-state index contributed by atoms with van der Waals surface area (Å²) in [5, 5.41) is 2.71. The van der Waals surface area contributed by atoms with Crippen LogP contribution in [0.4, 0.5) is 4.79 Å². The maximum Gasteiger partial charge on any atom is 0.325 e. The number of sulfone groups is 1. The van der Waals surface area contributed by atoms with E-state index in [9.17, 15) is 22.8 Å². The second kappa shape index (κ2) is 7.68. The monoisotopic (exact) mass is 433 g/mol. The highest BCUT2D eigenvalue weighted by molar-refractivity contribution is 7.91. The third-order valence-electron chi connectivity index (χ3n) is 6.53. The van der Waals surface area contributed by atoms with Crippen molar-refractivity contribution in [3.8, 4) is 0 Å². The van der Waals surface area contributed by atoms with Crippen LogP contribution in [0.3, 0.4) is 0 Å². The molecule has 8 nitrogen and oxygen atoms in total. The average Bonchev–Trinajstić information content (AvgIpc) is 3.40. The average molecular weight is 434 g/mol. The maximum atomic E-state index is 13.3. The van der Waals surface area contributed by atoms with Gasteiger partial charge < -0.3 is 10.2 Å². The minimum absolute atomic E-state index is 0.0305. The van der Waals surface area contributed by atoms with E-state index in [1.165, 1.54) is 0 Å². The van der Waals surface area contributed by atoms with Crippen molar-refractivity contribution in [2.24, 2.45) is 0 Å². The van der Waals surface area contributed by atoms with Crippen molar-refractivity contribution >= 4 is 27.7 Å². The van der Waals surface area contributed by atoms with Crippen LogP contribution >= 0.6 is 0 Å². The largest absolute Gasteiger partial charge is 0.334 e. The lowest BCUT2D eigenvalue weighted by Gasteiger charge is -2.35. The number of hydrogen-bond donors (Lipinski definition) is 1. The van der Waals surface area contributed by atoms with Crippen molar-refractivity contribution in [1.29, 1.82) is 0 Å². The van der Waals surface area contributed by atoms with Gasteiger partial charge in [0.15, 0.2) is 9.84 Å². The molecule has 2 heterocycles. The fraction of sp³-hybridized carbons (Fsp3) is 0.571. The number of nitrogens with one attached hydrogen (secondary N) is 1. The van der Waals surface area contributed by atoms with Crippen LogP contribution < -0.4 is 5.32 Å². The molecule has 0 radical (unpaired) electrons. The van der Waals surface area contributed by atoms with Gasteiger partial charge in [-0.25, -0.2) is 13.2 Å². The Labute approximate surface area is 176 Å². The van der Waals surface area contributed by atoms with Crippen LogP contribution in [0.15, 0.2) is 30.3 Å². The first-order valence-corrected chi connectivity index (χ1v) is 12.2. The minimum atomic E-state index is -3.16. The molecule has 2 saturated heterocycles. The zero-order valence-electron chi connectivity index (χ0n) is 17.0. The third kappa shape index (κ3) is 3.71. The predicted octanol–water partition coefficient (Wildman–Crippen LogP) is 1.41. The Morgan fingerprint density at radius 3 is 2.40 bits per heavy atom. The summed E-state index contributed by atoms with van der Waals surface area (Å²) in [6.07, 6.45) is 4.03. The van der Waals surface area contributed by atoms with E-state index < -0.39 is 27.3 Å². The third-order valence-corrected chi connectivity index (χ3v) is 8.28.